The Balaban J connectivity index is 2.74. The van der Waals surface area contributed by atoms with Gasteiger partial charge in [-0.3, -0.25) is 3.64 Å². The average Bonchev–Trinajstić information content (AvgIpc) is 2.41. The van der Waals surface area contributed by atoms with Crippen LogP contribution in [0.5, 0.6) is 0 Å². The second-order valence-corrected chi connectivity index (χ2v) is 19.8. The molecule has 0 spiro atoms. The van der Waals surface area contributed by atoms with Crippen molar-refractivity contribution in [3.63, 3.8) is 0 Å². The highest BCUT2D eigenvalue weighted by Crippen LogP contribution is 2.30. The second-order valence-electron chi connectivity index (χ2n) is 7.50. The molecule has 1 aromatic rings. The summed E-state index contributed by atoms with van der Waals surface area (Å²) in [7, 11) is -2.93. The summed E-state index contributed by atoms with van der Waals surface area (Å²) in [6, 6.07) is 10.7. The summed E-state index contributed by atoms with van der Waals surface area (Å²) >= 11 is 3.02. The van der Waals surface area contributed by atoms with Crippen LogP contribution in [0.4, 0.5) is 0 Å². The number of hydrogen-bond donors (Lipinski definition) is 0. The number of nitrogens with zero attached hydrogens (tertiary/aromatic N) is 3. The standard InChI is InChI=1S/C16H27N3S2Si2/c1-14-8-10-15(11-9-14)13-20-16(12-17)18-21-19(22(2,3)4)23(5,6)7/h8-11H,13H2,1-7H3. The van der Waals surface area contributed by atoms with Gasteiger partial charge in [-0.15, -0.1) is 0 Å². The quantitative estimate of drug-likeness (QED) is 0.275. The third-order valence-electron chi connectivity index (χ3n) is 3.02. The van der Waals surface area contributed by atoms with Crippen LogP contribution < -0.4 is 0 Å². The zero-order valence-electron chi connectivity index (χ0n) is 15.2. The van der Waals surface area contributed by atoms with Gasteiger partial charge in [0, 0.05) is 17.9 Å². The second kappa shape index (κ2) is 8.54. The Bertz CT molecular complexity index is 567. The zero-order valence-corrected chi connectivity index (χ0v) is 18.8. The maximum absolute atomic E-state index is 9.36. The average molecular weight is 382 g/mol. The lowest BCUT2D eigenvalue weighted by atomic mass is 10.2. The number of nitriles is 1. The van der Waals surface area contributed by atoms with Gasteiger partial charge in [-0.2, -0.15) is 9.66 Å². The van der Waals surface area contributed by atoms with Crippen LogP contribution in [0.15, 0.2) is 28.7 Å². The Morgan fingerprint density at radius 3 is 2.04 bits per heavy atom. The lowest BCUT2D eigenvalue weighted by Crippen LogP contribution is -2.54. The fraction of sp³-hybridized carbons (Fsp3) is 0.500. The van der Waals surface area contributed by atoms with E-state index >= 15 is 0 Å². The molecule has 0 aliphatic carbocycles. The molecule has 0 saturated carbocycles. The summed E-state index contributed by atoms with van der Waals surface area (Å²) in [4.78, 5) is 0. The molecule has 1 rings (SSSR count). The van der Waals surface area contributed by atoms with Gasteiger partial charge in [-0.05, 0) is 12.5 Å². The van der Waals surface area contributed by atoms with Gasteiger partial charge in [0.25, 0.3) is 0 Å². The molecule has 1 aromatic carbocycles. The van der Waals surface area contributed by atoms with E-state index in [9.17, 15) is 5.26 Å². The molecule has 0 atom stereocenters. The molecule has 0 N–H and O–H groups in total. The van der Waals surface area contributed by atoms with E-state index in [4.69, 9.17) is 0 Å². The molecule has 0 bridgehead atoms. The van der Waals surface area contributed by atoms with Gasteiger partial charge in [0.2, 0.25) is 0 Å². The smallest absolute Gasteiger partial charge is 0.183 e. The lowest BCUT2D eigenvalue weighted by Gasteiger charge is -2.40. The Kier molecular flexibility index (Phi) is 7.61. The molecular formula is C16H27N3S2Si2. The predicted octanol–water partition coefficient (Wildman–Crippen LogP) is 5.69. The van der Waals surface area contributed by atoms with E-state index in [1.54, 1.807) is 0 Å². The number of rotatable bonds is 6. The summed E-state index contributed by atoms with van der Waals surface area (Å²) in [5.41, 5.74) is 2.48. The molecule has 23 heavy (non-hydrogen) atoms. The highest BCUT2D eigenvalue weighted by Gasteiger charge is 2.35. The predicted molar refractivity (Wildman–Crippen MR) is 112 cm³/mol. The van der Waals surface area contributed by atoms with Crippen molar-refractivity contribution in [3.8, 4) is 6.07 Å². The molecule has 0 heterocycles. The third kappa shape index (κ3) is 7.27. The molecule has 3 nitrogen and oxygen atoms in total. The molecule has 126 valence electrons. The molecule has 0 saturated heterocycles. The molecule has 0 aromatic heterocycles. The molecule has 7 heteroatoms. The molecule has 0 fully saturated rings. The van der Waals surface area contributed by atoms with Gasteiger partial charge in [-0.25, -0.2) is 0 Å². The first-order chi connectivity index (χ1) is 10.5. The van der Waals surface area contributed by atoms with E-state index in [0.717, 1.165) is 5.75 Å². The minimum absolute atomic E-state index is 0.553. The van der Waals surface area contributed by atoms with Crippen LogP contribution in [0.25, 0.3) is 0 Å². The Morgan fingerprint density at radius 1 is 1.09 bits per heavy atom. The Labute approximate surface area is 152 Å². The van der Waals surface area contributed by atoms with E-state index in [0.29, 0.717) is 5.04 Å². The minimum Gasteiger partial charge on any atom is -0.274 e. The van der Waals surface area contributed by atoms with Crippen molar-refractivity contribution < 1.29 is 0 Å². The summed E-state index contributed by atoms with van der Waals surface area (Å²) in [6.45, 7) is 16.1. The highest BCUT2D eigenvalue weighted by molar-refractivity contribution is 8.14. The van der Waals surface area contributed by atoms with Crippen LogP contribution in [0.2, 0.25) is 39.3 Å². The summed E-state index contributed by atoms with van der Waals surface area (Å²) in [5, 5.41) is 9.91. The Hall–Kier alpha value is -0.526. The topological polar surface area (TPSA) is 39.4 Å². The highest BCUT2D eigenvalue weighted by atomic mass is 32.2. The monoisotopic (exact) mass is 381 g/mol. The van der Waals surface area contributed by atoms with E-state index < -0.39 is 16.5 Å². The summed E-state index contributed by atoms with van der Waals surface area (Å²) in [5.74, 6) is 0.785. The zero-order chi connectivity index (χ0) is 17.7. The fourth-order valence-corrected chi connectivity index (χ4v) is 13.6. The number of benzene rings is 1. The van der Waals surface area contributed by atoms with E-state index in [-0.39, 0.29) is 0 Å². The van der Waals surface area contributed by atoms with Gasteiger partial charge < -0.3 is 0 Å². The molecule has 0 unspecified atom stereocenters. The van der Waals surface area contributed by atoms with Gasteiger partial charge in [0.1, 0.15) is 22.5 Å². The first-order valence-corrected chi connectivity index (χ1v) is 16.3. The lowest BCUT2D eigenvalue weighted by molar-refractivity contribution is 1.000. The van der Waals surface area contributed by atoms with Gasteiger partial charge in [-0.1, -0.05) is 80.9 Å². The number of aryl methyl sites for hydroxylation is 1. The van der Waals surface area contributed by atoms with Crippen molar-refractivity contribution in [2.75, 3.05) is 0 Å². The fourth-order valence-electron chi connectivity index (χ4n) is 2.24. The molecule has 0 aliphatic rings. The molecular weight excluding hydrogens is 355 g/mol. The van der Waals surface area contributed by atoms with E-state index in [1.807, 2.05) is 0 Å². The number of hydrogen-bond acceptors (Lipinski definition) is 5. The van der Waals surface area contributed by atoms with Crippen molar-refractivity contribution in [3.05, 3.63) is 35.4 Å². The Morgan fingerprint density at radius 2 is 1.61 bits per heavy atom. The maximum atomic E-state index is 9.36. The van der Waals surface area contributed by atoms with Crippen LogP contribution in [0.3, 0.4) is 0 Å². The van der Waals surface area contributed by atoms with Gasteiger partial charge in [0.15, 0.2) is 5.04 Å². The number of thioether (sulfide) groups is 1. The largest absolute Gasteiger partial charge is 0.274 e. The summed E-state index contributed by atoms with van der Waals surface area (Å²) in [6.07, 6.45) is 0. The van der Waals surface area contributed by atoms with Gasteiger partial charge >= 0.3 is 0 Å². The maximum Gasteiger partial charge on any atom is 0.183 e. The SMILES string of the molecule is Cc1ccc(CSC(C#N)=NSN([Si](C)(C)C)[Si](C)(C)C)cc1. The normalized spacial score (nSPS) is 13.3. The minimum atomic E-state index is -1.46. The van der Waals surface area contributed by atoms with Crippen molar-refractivity contribution in [2.45, 2.75) is 52.0 Å². The van der Waals surface area contributed by atoms with E-state index in [1.165, 1.54) is 35.0 Å². The van der Waals surface area contributed by atoms with Crippen LogP contribution >= 0.6 is 23.9 Å². The van der Waals surface area contributed by atoms with Crippen molar-refractivity contribution in [1.82, 2.24) is 3.64 Å². The molecule has 0 aliphatic heterocycles. The molecule has 0 amide bonds. The van der Waals surface area contributed by atoms with Crippen molar-refractivity contribution >= 4 is 45.4 Å². The van der Waals surface area contributed by atoms with Crippen LogP contribution in [0, 0.1) is 18.3 Å². The van der Waals surface area contributed by atoms with Crippen molar-refractivity contribution in [2.24, 2.45) is 4.40 Å². The van der Waals surface area contributed by atoms with E-state index in [2.05, 4.69) is 84.6 Å². The van der Waals surface area contributed by atoms with Crippen LogP contribution in [0.1, 0.15) is 11.1 Å². The summed E-state index contributed by atoms with van der Waals surface area (Å²) < 4.78 is 7.04. The first-order valence-electron chi connectivity index (χ1n) is 7.68. The van der Waals surface area contributed by atoms with Crippen LogP contribution in [-0.2, 0) is 5.75 Å². The first kappa shape index (κ1) is 20.5. The van der Waals surface area contributed by atoms with Crippen molar-refractivity contribution in [1.29, 1.82) is 5.26 Å². The van der Waals surface area contributed by atoms with Crippen LogP contribution in [-0.4, -0.2) is 25.2 Å². The molecule has 0 radical (unpaired) electrons. The van der Waals surface area contributed by atoms with Gasteiger partial charge in [0.05, 0.1) is 0 Å². The third-order valence-corrected chi connectivity index (χ3v) is 14.7.